The Bertz CT molecular complexity index is 110. The molecule has 1 N–H and O–H groups in total. The third-order valence-corrected chi connectivity index (χ3v) is 0.421. The van der Waals surface area contributed by atoms with Gasteiger partial charge in [-0.05, 0) is 6.58 Å². The lowest BCUT2D eigenvalue weighted by Gasteiger charge is -1.93. The van der Waals surface area contributed by atoms with Crippen LogP contribution in [0.15, 0.2) is 12.3 Å². The first-order chi connectivity index (χ1) is 3.68. The van der Waals surface area contributed by atoms with Crippen LogP contribution >= 0.6 is 0 Å². The van der Waals surface area contributed by atoms with Gasteiger partial charge in [-0.3, -0.25) is 0 Å². The maximum absolute atomic E-state index is 11.0. The number of esters is 1. The average molecular weight is 120 g/mol. The van der Waals surface area contributed by atoms with Crippen molar-refractivity contribution in [3.8, 4) is 0 Å². The third kappa shape index (κ3) is 2.17. The number of alkyl halides is 1. The lowest BCUT2D eigenvalue weighted by Crippen LogP contribution is -2.04. The SMILES string of the molecule is C=C(O)C(=O)OCF. The Hall–Kier alpha value is -1.06. The van der Waals surface area contributed by atoms with Gasteiger partial charge in [0.1, 0.15) is 0 Å². The molecule has 0 fully saturated rings. The molecule has 0 atom stereocenters. The smallest absolute Gasteiger partial charge is 0.375 e. The Kier molecular flexibility index (Phi) is 2.61. The van der Waals surface area contributed by atoms with E-state index in [1.807, 2.05) is 0 Å². The van der Waals surface area contributed by atoms with Gasteiger partial charge in [0.05, 0.1) is 0 Å². The highest BCUT2D eigenvalue weighted by atomic mass is 19.1. The van der Waals surface area contributed by atoms with E-state index in [0.717, 1.165) is 0 Å². The van der Waals surface area contributed by atoms with Crippen molar-refractivity contribution in [1.82, 2.24) is 0 Å². The molecule has 0 aromatic carbocycles. The van der Waals surface area contributed by atoms with E-state index in [1.54, 1.807) is 0 Å². The van der Waals surface area contributed by atoms with Crippen LogP contribution in [0.1, 0.15) is 0 Å². The fourth-order valence-electron chi connectivity index (χ4n) is 0.133. The van der Waals surface area contributed by atoms with E-state index >= 15 is 0 Å². The minimum Gasteiger partial charge on any atom is -0.502 e. The van der Waals surface area contributed by atoms with E-state index in [1.165, 1.54) is 0 Å². The molecule has 0 aromatic heterocycles. The molecule has 0 amide bonds. The molecule has 0 unspecified atom stereocenters. The van der Waals surface area contributed by atoms with Crippen molar-refractivity contribution in [1.29, 1.82) is 0 Å². The zero-order valence-corrected chi connectivity index (χ0v) is 4.06. The Balaban J connectivity index is 3.49. The van der Waals surface area contributed by atoms with Crippen molar-refractivity contribution in [2.75, 3.05) is 6.86 Å². The van der Waals surface area contributed by atoms with E-state index in [4.69, 9.17) is 5.11 Å². The van der Waals surface area contributed by atoms with Crippen LogP contribution in [0, 0.1) is 0 Å². The molecule has 0 radical (unpaired) electrons. The van der Waals surface area contributed by atoms with E-state index in [-0.39, 0.29) is 0 Å². The first-order valence-electron chi connectivity index (χ1n) is 1.79. The van der Waals surface area contributed by atoms with Crippen LogP contribution in [0.4, 0.5) is 4.39 Å². The Labute approximate surface area is 45.4 Å². The monoisotopic (exact) mass is 120 g/mol. The van der Waals surface area contributed by atoms with Crippen molar-refractivity contribution < 1.29 is 19.0 Å². The summed E-state index contributed by atoms with van der Waals surface area (Å²) >= 11 is 0. The fraction of sp³-hybridized carbons (Fsp3) is 0.250. The molecular weight excluding hydrogens is 115 g/mol. The first kappa shape index (κ1) is 6.94. The highest BCUT2D eigenvalue weighted by Crippen LogP contribution is 1.86. The van der Waals surface area contributed by atoms with E-state index in [0.29, 0.717) is 0 Å². The molecule has 0 saturated carbocycles. The molecule has 0 spiro atoms. The molecule has 0 saturated heterocycles. The van der Waals surface area contributed by atoms with Gasteiger partial charge in [0, 0.05) is 0 Å². The normalized spacial score (nSPS) is 8.12. The summed E-state index contributed by atoms with van der Waals surface area (Å²) in [7, 11) is 0. The second-order valence-electron chi connectivity index (χ2n) is 0.988. The molecule has 0 heterocycles. The van der Waals surface area contributed by atoms with Crippen molar-refractivity contribution in [3.05, 3.63) is 12.3 Å². The first-order valence-corrected chi connectivity index (χ1v) is 1.79. The van der Waals surface area contributed by atoms with E-state index in [2.05, 4.69) is 11.3 Å². The minimum absolute atomic E-state index is 0.789. The fourth-order valence-corrected chi connectivity index (χ4v) is 0.133. The Morgan fingerprint density at radius 3 is 2.50 bits per heavy atom. The van der Waals surface area contributed by atoms with Crippen LogP contribution < -0.4 is 0 Å². The number of aliphatic hydroxyl groups excluding tert-OH is 1. The zero-order chi connectivity index (χ0) is 6.57. The molecule has 0 bridgehead atoms. The lowest BCUT2D eigenvalue weighted by atomic mass is 10.6. The number of aliphatic hydroxyl groups is 1. The molecule has 0 aromatic rings. The summed E-state index contributed by atoms with van der Waals surface area (Å²) in [4.78, 5) is 9.93. The predicted molar refractivity (Wildman–Crippen MR) is 23.8 cm³/mol. The van der Waals surface area contributed by atoms with Crippen molar-refractivity contribution >= 4 is 5.97 Å². The van der Waals surface area contributed by atoms with Gasteiger partial charge in [0.15, 0.2) is 5.76 Å². The predicted octanol–water partition coefficient (Wildman–Crippen LogP) is 0.528. The molecule has 0 aliphatic rings. The van der Waals surface area contributed by atoms with Crippen LogP contribution in [0.3, 0.4) is 0 Å². The van der Waals surface area contributed by atoms with Gasteiger partial charge in [-0.25, -0.2) is 9.18 Å². The summed E-state index contributed by atoms with van der Waals surface area (Å²) < 4.78 is 14.7. The Morgan fingerprint density at radius 1 is 1.88 bits per heavy atom. The molecule has 0 aliphatic carbocycles. The standard InChI is InChI=1S/C4H5FO3/c1-3(6)4(7)8-2-5/h6H,1-2H2. The largest absolute Gasteiger partial charge is 0.502 e. The summed E-state index contributed by atoms with van der Waals surface area (Å²) in [6, 6.07) is 0. The minimum atomic E-state index is -1.24. The van der Waals surface area contributed by atoms with Crippen molar-refractivity contribution in [2.45, 2.75) is 0 Å². The van der Waals surface area contributed by atoms with Gasteiger partial charge in [0.25, 0.3) is 0 Å². The molecule has 0 rings (SSSR count). The highest BCUT2D eigenvalue weighted by molar-refractivity contribution is 5.84. The molecule has 4 heteroatoms. The highest BCUT2D eigenvalue weighted by Gasteiger charge is 2.03. The van der Waals surface area contributed by atoms with Crippen LogP contribution in [0.2, 0.25) is 0 Å². The van der Waals surface area contributed by atoms with Gasteiger partial charge >= 0.3 is 5.97 Å². The van der Waals surface area contributed by atoms with Gasteiger partial charge in [0.2, 0.25) is 6.86 Å². The van der Waals surface area contributed by atoms with Gasteiger partial charge in [-0.2, -0.15) is 0 Å². The maximum atomic E-state index is 11.0. The summed E-state index contributed by atoms with van der Waals surface area (Å²) in [6.45, 7) is 1.55. The summed E-state index contributed by atoms with van der Waals surface area (Å²) in [5, 5.41) is 8.12. The summed E-state index contributed by atoms with van der Waals surface area (Å²) in [5.41, 5.74) is 0. The molecule has 8 heavy (non-hydrogen) atoms. The second kappa shape index (κ2) is 3.01. The molecule has 46 valence electrons. The van der Waals surface area contributed by atoms with Crippen LogP contribution in [0.25, 0.3) is 0 Å². The number of halogens is 1. The van der Waals surface area contributed by atoms with Gasteiger partial charge in [-0.1, -0.05) is 0 Å². The second-order valence-corrected chi connectivity index (χ2v) is 0.988. The number of rotatable bonds is 2. The average Bonchev–Trinajstić information content (AvgIpc) is 1.67. The topological polar surface area (TPSA) is 46.5 Å². The third-order valence-electron chi connectivity index (χ3n) is 0.421. The van der Waals surface area contributed by atoms with Crippen molar-refractivity contribution in [2.24, 2.45) is 0 Å². The van der Waals surface area contributed by atoms with Crippen molar-refractivity contribution in [3.63, 3.8) is 0 Å². The van der Waals surface area contributed by atoms with Crippen LogP contribution in [-0.4, -0.2) is 17.9 Å². The lowest BCUT2D eigenvalue weighted by molar-refractivity contribution is -0.145. The number of carbonyl (C=O) groups is 1. The van der Waals surface area contributed by atoms with Gasteiger partial charge in [-0.15, -0.1) is 0 Å². The van der Waals surface area contributed by atoms with E-state index in [9.17, 15) is 9.18 Å². The van der Waals surface area contributed by atoms with E-state index < -0.39 is 18.6 Å². The summed E-state index contributed by atoms with van der Waals surface area (Å²) in [6.07, 6.45) is 0. The molecular formula is C4H5FO3. The van der Waals surface area contributed by atoms with Crippen LogP contribution in [-0.2, 0) is 9.53 Å². The number of ether oxygens (including phenoxy) is 1. The Morgan fingerprint density at radius 2 is 2.38 bits per heavy atom. The number of carbonyl (C=O) groups excluding carboxylic acids is 1. The zero-order valence-electron chi connectivity index (χ0n) is 4.06. The van der Waals surface area contributed by atoms with Gasteiger partial charge < -0.3 is 9.84 Å². The van der Waals surface area contributed by atoms with Crippen LogP contribution in [0.5, 0.6) is 0 Å². The molecule has 0 aliphatic heterocycles. The maximum Gasteiger partial charge on any atom is 0.375 e. The number of hydrogen-bond acceptors (Lipinski definition) is 3. The quantitative estimate of drug-likeness (QED) is 0.328. The molecule has 3 nitrogen and oxygen atoms in total. The number of hydrogen-bond donors (Lipinski definition) is 1. The summed E-state index contributed by atoms with van der Waals surface area (Å²) in [5.74, 6) is -1.92.